The Morgan fingerprint density at radius 1 is 0.688 bits per heavy atom. The second-order valence-electron chi connectivity index (χ2n) is 6.04. The molecule has 2 heteroatoms. The van der Waals surface area contributed by atoms with Crippen molar-refractivity contribution in [2.45, 2.75) is 68.3 Å². The van der Waals surface area contributed by atoms with E-state index in [4.69, 9.17) is 0 Å². The first kappa shape index (κ1) is 11.8. The number of fused-ring (bicyclic) bond motifs is 1. The van der Waals surface area contributed by atoms with Crippen molar-refractivity contribution in [1.82, 2.24) is 0 Å². The summed E-state index contributed by atoms with van der Waals surface area (Å²) in [5.74, 6) is 2.97. The third-order valence-electron chi connectivity index (χ3n) is 4.76. The molecule has 0 radical (unpaired) electrons. The summed E-state index contributed by atoms with van der Waals surface area (Å²) in [5.41, 5.74) is 0.755. The van der Waals surface area contributed by atoms with Gasteiger partial charge in [-0.1, -0.05) is 32.1 Å². The van der Waals surface area contributed by atoms with E-state index in [-0.39, 0.29) is 0 Å². The van der Waals surface area contributed by atoms with Crippen molar-refractivity contribution in [3.05, 3.63) is 0 Å². The van der Waals surface area contributed by atoms with E-state index in [1.165, 1.54) is 69.3 Å². The van der Waals surface area contributed by atoms with Crippen LogP contribution in [0.4, 0.5) is 0 Å². The average Bonchev–Trinajstić information content (AvgIpc) is 2.52. The molecule has 2 saturated carbocycles. The first-order chi connectivity index (χ1) is 7.88. The van der Waals surface area contributed by atoms with E-state index in [1.807, 2.05) is 0 Å². The van der Waals surface area contributed by atoms with Crippen molar-refractivity contribution < 1.29 is 0 Å². The van der Waals surface area contributed by atoms with E-state index in [0.29, 0.717) is 0 Å². The lowest BCUT2D eigenvalue weighted by Gasteiger charge is -2.35. The SMILES string of the molecule is C1CCC2(CC1)CS[C@H]1CCCC[C@@H]1SC2. The van der Waals surface area contributed by atoms with Gasteiger partial charge in [-0.2, -0.15) is 23.5 Å². The lowest BCUT2D eigenvalue weighted by atomic mass is 9.77. The summed E-state index contributed by atoms with van der Waals surface area (Å²) >= 11 is 4.70. The van der Waals surface area contributed by atoms with Gasteiger partial charge in [-0.3, -0.25) is 0 Å². The van der Waals surface area contributed by atoms with Gasteiger partial charge in [0, 0.05) is 22.0 Å². The molecule has 0 aromatic carbocycles. The molecule has 0 aromatic heterocycles. The molecule has 2 atom stereocenters. The van der Waals surface area contributed by atoms with Gasteiger partial charge in [0.2, 0.25) is 0 Å². The Kier molecular flexibility index (Phi) is 3.78. The zero-order valence-corrected chi connectivity index (χ0v) is 11.9. The molecular formula is C14H24S2. The van der Waals surface area contributed by atoms with Crippen LogP contribution in [0.15, 0.2) is 0 Å². The maximum Gasteiger partial charge on any atom is 0.0166 e. The molecule has 0 nitrogen and oxygen atoms in total. The molecule has 92 valence electrons. The third-order valence-corrected chi connectivity index (χ3v) is 8.48. The minimum atomic E-state index is 0.755. The van der Waals surface area contributed by atoms with E-state index in [2.05, 4.69) is 23.5 Å². The van der Waals surface area contributed by atoms with Crippen molar-refractivity contribution in [2.75, 3.05) is 11.5 Å². The summed E-state index contributed by atoms with van der Waals surface area (Å²) in [6.45, 7) is 0. The van der Waals surface area contributed by atoms with Crippen LogP contribution in [-0.2, 0) is 0 Å². The van der Waals surface area contributed by atoms with Gasteiger partial charge in [0.25, 0.3) is 0 Å². The van der Waals surface area contributed by atoms with Gasteiger partial charge >= 0.3 is 0 Å². The predicted molar refractivity (Wildman–Crippen MR) is 76.5 cm³/mol. The van der Waals surface area contributed by atoms with Crippen LogP contribution in [-0.4, -0.2) is 22.0 Å². The molecule has 1 saturated heterocycles. The molecule has 1 spiro atoms. The molecule has 3 fully saturated rings. The van der Waals surface area contributed by atoms with Crippen molar-refractivity contribution in [2.24, 2.45) is 5.41 Å². The summed E-state index contributed by atoms with van der Waals surface area (Å²) in [7, 11) is 0. The Labute approximate surface area is 109 Å². The highest BCUT2D eigenvalue weighted by Crippen LogP contribution is 2.49. The summed E-state index contributed by atoms with van der Waals surface area (Å²) in [4.78, 5) is 0. The highest BCUT2D eigenvalue weighted by molar-refractivity contribution is 8.04. The lowest BCUT2D eigenvalue weighted by molar-refractivity contribution is 0.258. The van der Waals surface area contributed by atoms with Crippen LogP contribution in [0.1, 0.15) is 57.8 Å². The second-order valence-corrected chi connectivity index (χ2v) is 8.50. The molecule has 3 rings (SSSR count). The minimum Gasteiger partial charge on any atom is -0.157 e. The van der Waals surface area contributed by atoms with Crippen LogP contribution < -0.4 is 0 Å². The highest BCUT2D eigenvalue weighted by atomic mass is 32.2. The third kappa shape index (κ3) is 2.43. The van der Waals surface area contributed by atoms with Gasteiger partial charge in [-0.25, -0.2) is 0 Å². The molecule has 0 unspecified atom stereocenters. The Hall–Kier alpha value is 0.700. The zero-order chi connectivity index (χ0) is 10.8. The normalized spacial score (nSPS) is 39.0. The van der Waals surface area contributed by atoms with E-state index in [9.17, 15) is 0 Å². The summed E-state index contributed by atoms with van der Waals surface area (Å²) in [6, 6.07) is 0. The molecule has 0 bridgehead atoms. The Bertz CT molecular complexity index is 215. The van der Waals surface area contributed by atoms with Crippen LogP contribution >= 0.6 is 23.5 Å². The smallest absolute Gasteiger partial charge is 0.0166 e. The predicted octanol–water partition coefficient (Wildman–Crippen LogP) is 4.73. The molecular weight excluding hydrogens is 232 g/mol. The van der Waals surface area contributed by atoms with Crippen LogP contribution in [0.3, 0.4) is 0 Å². The number of thioether (sulfide) groups is 2. The van der Waals surface area contributed by atoms with E-state index in [0.717, 1.165) is 15.9 Å². The number of hydrogen-bond acceptors (Lipinski definition) is 2. The molecule has 2 aliphatic carbocycles. The van der Waals surface area contributed by atoms with E-state index < -0.39 is 0 Å². The fourth-order valence-corrected chi connectivity index (χ4v) is 7.53. The minimum absolute atomic E-state index is 0.755. The van der Waals surface area contributed by atoms with Gasteiger partial charge in [-0.05, 0) is 31.1 Å². The second kappa shape index (κ2) is 5.14. The molecule has 1 heterocycles. The largest absolute Gasteiger partial charge is 0.157 e. The number of hydrogen-bond donors (Lipinski definition) is 0. The van der Waals surface area contributed by atoms with E-state index >= 15 is 0 Å². The average molecular weight is 256 g/mol. The van der Waals surface area contributed by atoms with E-state index in [1.54, 1.807) is 0 Å². The summed E-state index contributed by atoms with van der Waals surface area (Å²) in [6.07, 6.45) is 13.6. The van der Waals surface area contributed by atoms with Gasteiger partial charge in [0.05, 0.1) is 0 Å². The molecule has 0 amide bonds. The topological polar surface area (TPSA) is 0 Å². The lowest BCUT2D eigenvalue weighted by Crippen LogP contribution is -2.29. The fraction of sp³-hybridized carbons (Fsp3) is 1.00. The van der Waals surface area contributed by atoms with Crippen molar-refractivity contribution in [1.29, 1.82) is 0 Å². The first-order valence-corrected chi connectivity index (χ1v) is 9.21. The van der Waals surface area contributed by atoms with Crippen molar-refractivity contribution >= 4 is 23.5 Å². The molecule has 0 aromatic rings. The molecule has 16 heavy (non-hydrogen) atoms. The fourth-order valence-electron chi connectivity index (χ4n) is 3.64. The summed E-state index contributed by atoms with van der Waals surface area (Å²) < 4.78 is 0. The highest BCUT2D eigenvalue weighted by Gasteiger charge is 2.39. The standard InChI is InChI=1S/C14H24S2/c1-4-8-14(9-5-1)10-15-12-6-2-3-7-13(12)16-11-14/h12-13H,1-11H2/t12-,13-/m0/s1. The van der Waals surface area contributed by atoms with Gasteiger partial charge in [-0.15, -0.1) is 0 Å². The molecule has 0 N–H and O–H groups in total. The first-order valence-electron chi connectivity index (χ1n) is 7.11. The van der Waals surface area contributed by atoms with Gasteiger partial charge in [0.15, 0.2) is 0 Å². The molecule has 3 aliphatic rings. The van der Waals surface area contributed by atoms with Crippen molar-refractivity contribution in [3.63, 3.8) is 0 Å². The van der Waals surface area contributed by atoms with Gasteiger partial charge in [0.1, 0.15) is 0 Å². The van der Waals surface area contributed by atoms with Crippen LogP contribution in [0, 0.1) is 5.41 Å². The number of rotatable bonds is 0. The van der Waals surface area contributed by atoms with Crippen LogP contribution in [0.5, 0.6) is 0 Å². The molecule has 1 aliphatic heterocycles. The maximum atomic E-state index is 2.35. The Morgan fingerprint density at radius 2 is 1.25 bits per heavy atom. The Balaban J connectivity index is 1.67. The zero-order valence-electron chi connectivity index (χ0n) is 10.2. The van der Waals surface area contributed by atoms with Gasteiger partial charge < -0.3 is 0 Å². The Morgan fingerprint density at radius 3 is 1.81 bits per heavy atom. The van der Waals surface area contributed by atoms with Crippen LogP contribution in [0.2, 0.25) is 0 Å². The monoisotopic (exact) mass is 256 g/mol. The summed E-state index contributed by atoms with van der Waals surface area (Å²) in [5, 5.41) is 2.03. The maximum absolute atomic E-state index is 2.35. The van der Waals surface area contributed by atoms with Crippen molar-refractivity contribution in [3.8, 4) is 0 Å². The quantitative estimate of drug-likeness (QED) is 0.614. The van der Waals surface area contributed by atoms with Crippen LogP contribution in [0.25, 0.3) is 0 Å².